The first-order valence-electron chi connectivity index (χ1n) is 11.1. The number of hydrogen-bond donors (Lipinski definition) is 3. The van der Waals surface area contributed by atoms with E-state index in [-0.39, 0.29) is 42.8 Å². The van der Waals surface area contributed by atoms with E-state index < -0.39 is 34.3 Å². The molecular weight excluding hydrogens is 558 g/mol. The molecule has 1 fully saturated rings. The Bertz CT molecular complexity index is 1330. The zero-order valence-electron chi connectivity index (χ0n) is 19.9. The zero-order chi connectivity index (χ0) is 28.0. The standard InChI is InChI=1S/C22H22F6N6O2S2/c1-11-10-33(15-4-3-13(9-14(15)21(23,24)25)18-30-12(2)31-32-18)7-8-34(11)38-17-6-5-16(37-17)20(36,19(29)35)22(26,27)28/h3-6,9,11,36H,7-8,10H2,1-2H3,(H2,29,35)(H,30,31,32). The minimum atomic E-state index is -5.30. The molecule has 4 rings (SSSR count). The number of aromatic nitrogens is 3. The molecule has 4 N–H and O–H groups in total. The van der Waals surface area contributed by atoms with Crippen LogP contribution in [0, 0.1) is 6.92 Å². The average molecular weight is 581 g/mol. The van der Waals surface area contributed by atoms with Crippen LogP contribution in [0.5, 0.6) is 0 Å². The highest BCUT2D eigenvalue weighted by atomic mass is 32.2. The molecule has 0 spiro atoms. The van der Waals surface area contributed by atoms with Crippen molar-refractivity contribution < 1.29 is 36.2 Å². The number of halogens is 6. The Morgan fingerprint density at radius 3 is 2.45 bits per heavy atom. The van der Waals surface area contributed by atoms with Gasteiger partial charge in [-0.25, -0.2) is 9.29 Å². The van der Waals surface area contributed by atoms with Gasteiger partial charge in [0.25, 0.3) is 11.5 Å². The summed E-state index contributed by atoms with van der Waals surface area (Å²) in [7, 11) is 0. The van der Waals surface area contributed by atoms with Crippen molar-refractivity contribution >= 4 is 34.9 Å². The first-order valence-corrected chi connectivity index (χ1v) is 12.7. The number of primary amides is 1. The van der Waals surface area contributed by atoms with Gasteiger partial charge in [0.1, 0.15) is 5.82 Å². The molecule has 3 aromatic rings. The number of benzene rings is 1. The van der Waals surface area contributed by atoms with Gasteiger partial charge in [0.2, 0.25) is 0 Å². The van der Waals surface area contributed by atoms with Gasteiger partial charge in [-0.1, -0.05) is 0 Å². The number of carbonyl (C=O) groups is 1. The van der Waals surface area contributed by atoms with Gasteiger partial charge in [-0.05, 0) is 56.1 Å². The lowest BCUT2D eigenvalue weighted by atomic mass is 10.0. The maximum Gasteiger partial charge on any atom is 0.431 e. The van der Waals surface area contributed by atoms with E-state index >= 15 is 0 Å². The molecule has 16 heteroatoms. The van der Waals surface area contributed by atoms with Crippen LogP contribution in [0.15, 0.2) is 34.5 Å². The quantitative estimate of drug-likeness (QED) is 0.294. The number of hydrogen-bond acceptors (Lipinski definition) is 8. The smallest absolute Gasteiger partial charge is 0.368 e. The molecule has 1 aliphatic heterocycles. The molecule has 2 atom stereocenters. The second-order valence-corrected chi connectivity index (χ2v) is 11.1. The molecule has 3 heterocycles. The molecule has 1 saturated heterocycles. The number of nitrogens with zero attached hydrogens (tertiary/aromatic N) is 4. The van der Waals surface area contributed by atoms with Gasteiger partial charge < -0.3 is 15.7 Å². The third kappa shape index (κ3) is 5.34. The van der Waals surface area contributed by atoms with E-state index in [0.29, 0.717) is 21.4 Å². The molecule has 38 heavy (non-hydrogen) atoms. The number of anilines is 1. The second kappa shape index (κ2) is 10.1. The second-order valence-electron chi connectivity index (χ2n) is 8.69. The third-order valence-corrected chi connectivity index (χ3v) is 8.53. The van der Waals surface area contributed by atoms with Gasteiger partial charge in [0, 0.05) is 36.9 Å². The van der Waals surface area contributed by atoms with Crippen LogP contribution in [0.2, 0.25) is 0 Å². The summed E-state index contributed by atoms with van der Waals surface area (Å²) in [5.74, 6) is -1.32. The molecule has 0 bridgehead atoms. The Morgan fingerprint density at radius 2 is 1.89 bits per heavy atom. The summed E-state index contributed by atoms with van der Waals surface area (Å²) in [6.45, 7) is 4.13. The van der Waals surface area contributed by atoms with E-state index in [2.05, 4.69) is 15.2 Å². The molecule has 1 aromatic carbocycles. The molecule has 0 aliphatic carbocycles. The van der Waals surface area contributed by atoms with Crippen LogP contribution in [-0.4, -0.2) is 62.4 Å². The number of rotatable bonds is 6. The highest BCUT2D eigenvalue weighted by Gasteiger charge is 2.60. The summed E-state index contributed by atoms with van der Waals surface area (Å²) in [5.41, 5.74) is 0.425. The number of carbonyl (C=O) groups excluding carboxylic acids is 1. The van der Waals surface area contributed by atoms with Crippen molar-refractivity contribution in [1.29, 1.82) is 0 Å². The number of aromatic amines is 1. The van der Waals surface area contributed by atoms with Crippen molar-refractivity contribution in [1.82, 2.24) is 19.5 Å². The molecule has 206 valence electrons. The van der Waals surface area contributed by atoms with Crippen molar-refractivity contribution in [2.24, 2.45) is 5.73 Å². The molecule has 8 nitrogen and oxygen atoms in total. The van der Waals surface area contributed by atoms with Gasteiger partial charge >= 0.3 is 12.4 Å². The van der Waals surface area contributed by atoms with E-state index in [4.69, 9.17) is 5.73 Å². The molecule has 2 aromatic heterocycles. The molecule has 1 aliphatic rings. The van der Waals surface area contributed by atoms with Crippen LogP contribution in [-0.2, 0) is 16.6 Å². The van der Waals surface area contributed by atoms with Crippen molar-refractivity contribution in [3.05, 3.63) is 46.6 Å². The predicted octanol–water partition coefficient (Wildman–Crippen LogP) is 4.31. The maximum atomic E-state index is 14.0. The molecule has 0 radical (unpaired) electrons. The predicted molar refractivity (Wildman–Crippen MR) is 129 cm³/mol. The summed E-state index contributed by atoms with van der Waals surface area (Å²) < 4.78 is 84.2. The molecular formula is C22H22F6N6O2S2. The van der Waals surface area contributed by atoms with Crippen LogP contribution in [0.3, 0.4) is 0 Å². The summed E-state index contributed by atoms with van der Waals surface area (Å²) in [5, 5.41) is 16.5. The highest BCUT2D eigenvalue weighted by molar-refractivity contribution is 7.99. The van der Waals surface area contributed by atoms with Crippen LogP contribution in [0.25, 0.3) is 11.4 Å². The normalized spacial score (nSPS) is 19.0. The topological polar surface area (TPSA) is 111 Å². The Kier molecular flexibility index (Phi) is 7.46. The maximum absolute atomic E-state index is 14.0. The van der Waals surface area contributed by atoms with Crippen molar-refractivity contribution in [3.63, 3.8) is 0 Å². The summed E-state index contributed by atoms with van der Waals surface area (Å²) >= 11 is 1.66. The van der Waals surface area contributed by atoms with E-state index in [1.807, 2.05) is 4.31 Å². The summed E-state index contributed by atoms with van der Waals surface area (Å²) in [6, 6.07) is 5.93. The van der Waals surface area contributed by atoms with E-state index in [1.165, 1.54) is 18.2 Å². The number of H-pyrrole nitrogens is 1. The number of nitrogens with one attached hydrogen (secondary N) is 1. The van der Waals surface area contributed by atoms with E-state index in [9.17, 15) is 36.2 Å². The number of piperazine rings is 1. The van der Waals surface area contributed by atoms with Gasteiger partial charge in [-0.3, -0.25) is 9.89 Å². The molecule has 2 unspecified atom stereocenters. The fourth-order valence-corrected chi connectivity index (χ4v) is 6.36. The number of alkyl halides is 6. The van der Waals surface area contributed by atoms with Crippen molar-refractivity contribution in [2.45, 2.75) is 42.1 Å². The van der Waals surface area contributed by atoms with Crippen LogP contribution in [0.1, 0.15) is 23.2 Å². The Labute approximate surface area is 221 Å². The first-order chi connectivity index (χ1) is 17.6. The molecule has 1 amide bonds. The van der Waals surface area contributed by atoms with Crippen LogP contribution >= 0.6 is 23.3 Å². The largest absolute Gasteiger partial charge is 0.431 e. The Morgan fingerprint density at radius 1 is 1.18 bits per heavy atom. The number of amides is 1. The average Bonchev–Trinajstić information content (AvgIpc) is 3.47. The van der Waals surface area contributed by atoms with Gasteiger partial charge in [-0.2, -0.15) is 31.4 Å². The number of nitrogens with two attached hydrogens (primary N) is 1. The summed E-state index contributed by atoms with van der Waals surface area (Å²) in [4.78, 5) is 16.5. The van der Waals surface area contributed by atoms with Gasteiger partial charge in [-0.15, -0.1) is 11.3 Å². The number of thiophene rings is 1. The van der Waals surface area contributed by atoms with E-state index in [0.717, 1.165) is 24.1 Å². The minimum Gasteiger partial charge on any atom is -0.368 e. The summed E-state index contributed by atoms with van der Waals surface area (Å²) in [6.07, 6.45) is -9.93. The third-order valence-electron chi connectivity index (χ3n) is 5.98. The lowest BCUT2D eigenvalue weighted by molar-refractivity contribution is -0.254. The van der Waals surface area contributed by atoms with Crippen molar-refractivity contribution in [2.75, 3.05) is 24.5 Å². The van der Waals surface area contributed by atoms with Crippen LogP contribution in [0.4, 0.5) is 32.0 Å². The first kappa shape index (κ1) is 28.2. The molecule has 0 saturated carbocycles. The fourth-order valence-electron chi connectivity index (χ4n) is 4.03. The highest BCUT2D eigenvalue weighted by Crippen LogP contribution is 2.45. The van der Waals surface area contributed by atoms with E-state index in [1.54, 1.807) is 18.7 Å². The fraction of sp³-hybridized carbons (Fsp3) is 0.409. The zero-order valence-corrected chi connectivity index (χ0v) is 21.5. The Balaban J connectivity index is 1.51. The monoisotopic (exact) mass is 580 g/mol. The number of aryl methyl sites for hydroxylation is 1. The minimum absolute atomic E-state index is 0.000108. The lowest BCUT2D eigenvalue weighted by Gasteiger charge is -2.40. The van der Waals surface area contributed by atoms with Crippen LogP contribution < -0.4 is 10.6 Å². The van der Waals surface area contributed by atoms with Crippen molar-refractivity contribution in [3.8, 4) is 11.4 Å². The lowest BCUT2D eigenvalue weighted by Crippen LogP contribution is -2.52. The Hall–Kier alpha value is -2.82. The number of aliphatic hydroxyl groups is 1. The van der Waals surface area contributed by atoms with Gasteiger partial charge in [0.05, 0.1) is 14.6 Å². The SMILES string of the molecule is Cc1nc(-c2ccc(N3CCN(Sc4ccc(C(O)(C(N)=O)C(F)(F)F)s4)C(C)C3)c(C(F)(F)F)c2)n[nH]1. The van der Waals surface area contributed by atoms with Gasteiger partial charge in [0.15, 0.2) is 5.82 Å².